The molecule has 0 aliphatic rings. The molecule has 0 saturated carbocycles. The van der Waals surface area contributed by atoms with E-state index in [-0.39, 0.29) is 11.9 Å². The van der Waals surface area contributed by atoms with Crippen molar-refractivity contribution in [2.45, 2.75) is 32.7 Å². The van der Waals surface area contributed by atoms with Crippen LogP contribution in [0.25, 0.3) is 0 Å². The molecule has 3 N–H and O–H groups in total. The minimum absolute atomic E-state index is 0.0177. The summed E-state index contributed by atoms with van der Waals surface area (Å²) in [6.45, 7) is 4.39. The van der Waals surface area contributed by atoms with Gasteiger partial charge in [-0.05, 0) is 31.9 Å². The highest BCUT2D eigenvalue weighted by Crippen LogP contribution is 2.21. The van der Waals surface area contributed by atoms with Gasteiger partial charge < -0.3 is 15.8 Å². The Hall–Kier alpha value is -1.55. The number of nitrogens with one attached hydrogen (secondary N) is 1. The van der Waals surface area contributed by atoms with Crippen LogP contribution in [-0.4, -0.2) is 25.6 Å². The Kier molecular flexibility index (Phi) is 5.65. The topological polar surface area (TPSA) is 64.3 Å². The van der Waals surface area contributed by atoms with Gasteiger partial charge in [0.1, 0.15) is 5.75 Å². The zero-order valence-electron chi connectivity index (χ0n) is 11.3. The number of nitrogens with two attached hydrogens (primary N) is 1. The lowest BCUT2D eigenvalue weighted by Crippen LogP contribution is -2.21. The third kappa shape index (κ3) is 4.75. The molecule has 100 valence electrons. The summed E-state index contributed by atoms with van der Waals surface area (Å²) in [4.78, 5) is 11.1. The molecule has 1 unspecified atom stereocenters. The third-order valence-electron chi connectivity index (χ3n) is 2.62. The van der Waals surface area contributed by atoms with Crippen molar-refractivity contribution in [1.82, 2.24) is 5.32 Å². The van der Waals surface area contributed by atoms with E-state index < -0.39 is 0 Å². The molecule has 0 fully saturated rings. The van der Waals surface area contributed by atoms with E-state index in [0.717, 1.165) is 17.7 Å². The van der Waals surface area contributed by atoms with E-state index in [2.05, 4.69) is 11.4 Å². The lowest BCUT2D eigenvalue weighted by atomic mass is 10.0. The molecule has 0 aromatic heterocycles. The molecule has 0 aliphatic heterocycles. The fraction of sp³-hybridized carbons (Fsp3) is 0.500. The average Bonchev–Trinajstić information content (AvgIpc) is 2.31. The molecule has 4 heteroatoms. The largest absolute Gasteiger partial charge is 0.493 e. The second-order valence-electron chi connectivity index (χ2n) is 4.56. The lowest BCUT2D eigenvalue weighted by Gasteiger charge is -2.13. The van der Waals surface area contributed by atoms with Crippen LogP contribution in [0.15, 0.2) is 18.2 Å². The highest BCUT2D eigenvalue weighted by Gasteiger charge is 2.07. The summed E-state index contributed by atoms with van der Waals surface area (Å²) in [6.07, 6.45) is 1.14. The summed E-state index contributed by atoms with van der Waals surface area (Å²) >= 11 is 0. The molecular weight excluding hydrogens is 228 g/mol. The van der Waals surface area contributed by atoms with Crippen LogP contribution in [0.4, 0.5) is 0 Å². The van der Waals surface area contributed by atoms with Crippen LogP contribution >= 0.6 is 0 Å². The van der Waals surface area contributed by atoms with Crippen molar-refractivity contribution in [1.29, 1.82) is 0 Å². The highest BCUT2D eigenvalue weighted by molar-refractivity contribution is 5.75. The van der Waals surface area contributed by atoms with E-state index in [0.29, 0.717) is 13.0 Å². The summed E-state index contributed by atoms with van der Waals surface area (Å²) in [5.41, 5.74) is 8.11. The smallest absolute Gasteiger partial charge is 0.223 e. The van der Waals surface area contributed by atoms with Crippen molar-refractivity contribution in [2.75, 3.05) is 13.7 Å². The predicted molar refractivity (Wildman–Crippen MR) is 72.7 cm³/mol. The molecule has 0 aliphatic carbocycles. The molecule has 0 bridgehead atoms. The molecule has 0 spiro atoms. The Morgan fingerprint density at radius 1 is 1.50 bits per heavy atom. The maximum absolute atomic E-state index is 11.1. The second-order valence-corrected chi connectivity index (χ2v) is 4.56. The number of rotatable bonds is 6. The Labute approximate surface area is 109 Å². The zero-order chi connectivity index (χ0) is 13.5. The van der Waals surface area contributed by atoms with Gasteiger partial charge in [0.2, 0.25) is 5.91 Å². The molecule has 1 aromatic rings. The number of amides is 1. The van der Waals surface area contributed by atoms with Crippen molar-refractivity contribution >= 4 is 5.91 Å². The molecule has 4 nitrogen and oxygen atoms in total. The molecule has 0 radical (unpaired) electrons. The van der Waals surface area contributed by atoms with Gasteiger partial charge >= 0.3 is 0 Å². The first-order valence-electron chi connectivity index (χ1n) is 6.21. The normalized spacial score (nSPS) is 12.0. The van der Waals surface area contributed by atoms with Crippen molar-refractivity contribution in [3.05, 3.63) is 29.3 Å². The molecular formula is C14H22N2O2. The number of benzene rings is 1. The first kappa shape index (κ1) is 14.5. The number of hydrogen-bond donors (Lipinski definition) is 2. The van der Waals surface area contributed by atoms with Crippen molar-refractivity contribution < 1.29 is 9.53 Å². The minimum Gasteiger partial charge on any atom is -0.493 e. The molecule has 0 saturated heterocycles. The summed E-state index contributed by atoms with van der Waals surface area (Å²) in [6, 6.07) is 6.11. The van der Waals surface area contributed by atoms with Gasteiger partial charge in [0.15, 0.2) is 0 Å². The molecule has 0 heterocycles. The van der Waals surface area contributed by atoms with Crippen molar-refractivity contribution in [3.8, 4) is 5.75 Å². The Bertz CT molecular complexity index is 403. The maximum Gasteiger partial charge on any atom is 0.223 e. The van der Waals surface area contributed by atoms with Crippen LogP contribution in [0.2, 0.25) is 0 Å². The SMILES string of the molecule is CNC(=O)CCOc1ccc(C)cc1CC(C)N. The quantitative estimate of drug-likeness (QED) is 0.802. The lowest BCUT2D eigenvalue weighted by molar-refractivity contribution is -0.121. The van der Waals surface area contributed by atoms with E-state index in [1.165, 1.54) is 5.56 Å². The highest BCUT2D eigenvalue weighted by atomic mass is 16.5. The van der Waals surface area contributed by atoms with Crippen LogP contribution in [0.3, 0.4) is 0 Å². The van der Waals surface area contributed by atoms with Crippen LogP contribution in [0.5, 0.6) is 5.75 Å². The van der Waals surface area contributed by atoms with Gasteiger partial charge in [-0.3, -0.25) is 4.79 Å². The Morgan fingerprint density at radius 3 is 2.83 bits per heavy atom. The monoisotopic (exact) mass is 250 g/mol. The minimum atomic E-state index is -0.0177. The zero-order valence-corrected chi connectivity index (χ0v) is 11.3. The number of carbonyl (C=O) groups is 1. The number of carbonyl (C=O) groups excluding carboxylic acids is 1. The van der Waals surface area contributed by atoms with E-state index in [1.54, 1.807) is 7.05 Å². The fourth-order valence-electron chi connectivity index (χ4n) is 1.73. The third-order valence-corrected chi connectivity index (χ3v) is 2.62. The van der Waals surface area contributed by atoms with Gasteiger partial charge in [-0.2, -0.15) is 0 Å². The second kappa shape index (κ2) is 7.01. The summed E-state index contributed by atoms with van der Waals surface area (Å²) in [5, 5.41) is 2.57. The summed E-state index contributed by atoms with van der Waals surface area (Å²) in [7, 11) is 1.62. The standard InChI is InChI=1S/C14H22N2O2/c1-10-4-5-13(12(8-10)9-11(2)15)18-7-6-14(17)16-3/h4-5,8,11H,6-7,9,15H2,1-3H3,(H,16,17). The molecule has 1 atom stereocenters. The van der Waals surface area contributed by atoms with Crippen LogP contribution in [0.1, 0.15) is 24.5 Å². The van der Waals surface area contributed by atoms with Gasteiger partial charge in [0, 0.05) is 13.1 Å². The van der Waals surface area contributed by atoms with Gasteiger partial charge in [-0.1, -0.05) is 17.7 Å². The average molecular weight is 250 g/mol. The van der Waals surface area contributed by atoms with Gasteiger partial charge in [-0.15, -0.1) is 0 Å². The van der Waals surface area contributed by atoms with Gasteiger partial charge in [0.25, 0.3) is 0 Å². The fourth-order valence-corrected chi connectivity index (χ4v) is 1.73. The molecule has 1 amide bonds. The molecule has 1 aromatic carbocycles. The van der Waals surface area contributed by atoms with E-state index in [4.69, 9.17) is 10.5 Å². The number of hydrogen-bond acceptors (Lipinski definition) is 3. The van der Waals surface area contributed by atoms with Crippen LogP contribution < -0.4 is 15.8 Å². The predicted octanol–water partition coefficient (Wildman–Crippen LogP) is 1.40. The first-order valence-corrected chi connectivity index (χ1v) is 6.21. The van der Waals surface area contributed by atoms with Gasteiger partial charge in [0.05, 0.1) is 13.0 Å². The Morgan fingerprint density at radius 2 is 2.22 bits per heavy atom. The summed E-state index contributed by atoms with van der Waals surface area (Å²) in [5.74, 6) is 0.803. The summed E-state index contributed by atoms with van der Waals surface area (Å²) < 4.78 is 5.65. The maximum atomic E-state index is 11.1. The van der Waals surface area contributed by atoms with E-state index in [1.807, 2.05) is 26.0 Å². The van der Waals surface area contributed by atoms with Crippen molar-refractivity contribution in [2.24, 2.45) is 5.73 Å². The Balaban J connectivity index is 2.66. The first-order chi connectivity index (χ1) is 8.52. The molecule has 18 heavy (non-hydrogen) atoms. The molecule has 1 rings (SSSR count). The van der Waals surface area contributed by atoms with Crippen molar-refractivity contribution in [3.63, 3.8) is 0 Å². The number of ether oxygens (including phenoxy) is 1. The number of aryl methyl sites for hydroxylation is 1. The van der Waals surface area contributed by atoms with Gasteiger partial charge in [-0.25, -0.2) is 0 Å². The van der Waals surface area contributed by atoms with E-state index in [9.17, 15) is 4.79 Å². The van der Waals surface area contributed by atoms with E-state index >= 15 is 0 Å². The van der Waals surface area contributed by atoms with Crippen LogP contribution in [-0.2, 0) is 11.2 Å². The van der Waals surface area contributed by atoms with Crippen LogP contribution in [0, 0.1) is 6.92 Å².